The SMILES string of the molecule is O=C1CCC(c2ccccc2)C(CCOc2cc(F)c(S(=O)(=O)Nc3ncns3)cc2F)C1. The maximum Gasteiger partial charge on any atom is 0.266 e. The van der Waals surface area contributed by atoms with E-state index in [0.29, 0.717) is 31.4 Å². The van der Waals surface area contributed by atoms with Crippen molar-refractivity contribution in [1.29, 1.82) is 0 Å². The Bertz CT molecular complexity index is 1220. The van der Waals surface area contributed by atoms with Crippen molar-refractivity contribution in [3.8, 4) is 5.75 Å². The minimum absolute atomic E-state index is 0.0253. The van der Waals surface area contributed by atoms with Gasteiger partial charge in [0, 0.05) is 36.5 Å². The van der Waals surface area contributed by atoms with Crippen molar-refractivity contribution in [1.82, 2.24) is 9.36 Å². The molecule has 0 saturated heterocycles. The Labute approximate surface area is 194 Å². The molecule has 1 aliphatic carbocycles. The third-order valence-corrected chi connectivity index (χ3v) is 7.69. The molecule has 7 nitrogen and oxygen atoms in total. The van der Waals surface area contributed by atoms with Gasteiger partial charge in [-0.25, -0.2) is 22.2 Å². The molecule has 0 aliphatic heterocycles. The number of hydrogen-bond acceptors (Lipinski definition) is 7. The molecule has 0 spiro atoms. The van der Waals surface area contributed by atoms with Crippen molar-refractivity contribution in [2.45, 2.75) is 36.5 Å². The number of sulfonamides is 1. The van der Waals surface area contributed by atoms with Crippen LogP contribution in [-0.4, -0.2) is 30.2 Å². The maximum absolute atomic E-state index is 14.5. The van der Waals surface area contributed by atoms with Gasteiger partial charge in [-0.1, -0.05) is 30.3 Å². The molecule has 1 heterocycles. The summed E-state index contributed by atoms with van der Waals surface area (Å²) in [5.74, 6) is -2.15. The Morgan fingerprint density at radius 2 is 1.94 bits per heavy atom. The van der Waals surface area contributed by atoms with Crippen LogP contribution in [-0.2, 0) is 14.8 Å². The number of ether oxygens (including phenoxy) is 1. The van der Waals surface area contributed by atoms with E-state index in [1.807, 2.05) is 30.3 Å². The van der Waals surface area contributed by atoms with E-state index in [1.165, 1.54) is 0 Å². The van der Waals surface area contributed by atoms with Crippen molar-refractivity contribution in [3.63, 3.8) is 0 Å². The van der Waals surface area contributed by atoms with Crippen LogP contribution in [0.3, 0.4) is 0 Å². The summed E-state index contributed by atoms with van der Waals surface area (Å²) in [5, 5.41) is -0.0647. The van der Waals surface area contributed by atoms with Gasteiger partial charge in [-0.05, 0) is 30.2 Å². The topological polar surface area (TPSA) is 98.2 Å². The van der Waals surface area contributed by atoms with E-state index in [-0.39, 0.29) is 35.1 Å². The van der Waals surface area contributed by atoms with Crippen molar-refractivity contribution in [2.75, 3.05) is 11.3 Å². The number of ketones is 1. The van der Waals surface area contributed by atoms with Gasteiger partial charge >= 0.3 is 0 Å². The number of halogens is 2. The second kappa shape index (κ2) is 9.92. The predicted molar refractivity (Wildman–Crippen MR) is 119 cm³/mol. The fourth-order valence-corrected chi connectivity index (χ4v) is 5.80. The van der Waals surface area contributed by atoms with Crippen LogP contribution in [0.5, 0.6) is 5.75 Å². The molecule has 4 rings (SSSR count). The smallest absolute Gasteiger partial charge is 0.266 e. The Balaban J connectivity index is 1.44. The highest BCUT2D eigenvalue weighted by Gasteiger charge is 2.30. The summed E-state index contributed by atoms with van der Waals surface area (Å²) < 4.78 is 64.9. The van der Waals surface area contributed by atoms with Gasteiger partial charge in [0.1, 0.15) is 22.8 Å². The van der Waals surface area contributed by atoms with E-state index in [4.69, 9.17) is 4.74 Å². The molecule has 2 atom stereocenters. The monoisotopic (exact) mass is 493 g/mol. The Morgan fingerprint density at radius 1 is 1.15 bits per heavy atom. The van der Waals surface area contributed by atoms with Gasteiger partial charge in [0.05, 0.1) is 6.61 Å². The summed E-state index contributed by atoms with van der Waals surface area (Å²) >= 11 is 0.765. The van der Waals surface area contributed by atoms with E-state index in [0.717, 1.165) is 29.8 Å². The van der Waals surface area contributed by atoms with Crippen LogP contribution in [0.1, 0.15) is 37.2 Å². The van der Waals surface area contributed by atoms with Crippen LogP contribution in [0.4, 0.5) is 13.9 Å². The third kappa shape index (κ3) is 5.53. The maximum atomic E-state index is 14.5. The largest absolute Gasteiger partial charge is 0.490 e. The standard InChI is InChI=1S/C22H21F2N3O4S2/c23-18-12-21(33(29,30)27-22-25-13-26-32-22)19(24)11-20(18)31-9-8-15-10-16(28)6-7-17(15)14-4-2-1-3-5-14/h1-5,11-13,15,17H,6-10H2,(H,25,26,27). The van der Waals surface area contributed by atoms with E-state index in [9.17, 15) is 22.0 Å². The number of rotatable bonds is 8. The number of aromatic nitrogens is 2. The van der Waals surface area contributed by atoms with E-state index >= 15 is 0 Å². The zero-order valence-electron chi connectivity index (χ0n) is 17.4. The minimum atomic E-state index is -4.38. The molecular formula is C22H21F2N3O4S2. The molecule has 174 valence electrons. The minimum Gasteiger partial charge on any atom is -0.490 e. The lowest BCUT2D eigenvalue weighted by Crippen LogP contribution is -2.25. The zero-order chi connectivity index (χ0) is 23.4. The molecular weight excluding hydrogens is 472 g/mol. The third-order valence-electron chi connectivity index (χ3n) is 5.63. The highest BCUT2D eigenvalue weighted by molar-refractivity contribution is 7.93. The summed E-state index contributed by atoms with van der Waals surface area (Å²) in [6.07, 6.45) is 3.29. The van der Waals surface area contributed by atoms with E-state index in [1.54, 1.807) is 0 Å². The van der Waals surface area contributed by atoms with Gasteiger partial charge in [-0.15, -0.1) is 0 Å². The quantitative estimate of drug-likeness (QED) is 0.495. The summed E-state index contributed by atoms with van der Waals surface area (Å²) in [4.78, 5) is 14.8. The molecule has 1 saturated carbocycles. The molecule has 1 aliphatic rings. The molecule has 0 bridgehead atoms. The first-order valence-electron chi connectivity index (χ1n) is 10.3. The summed E-state index contributed by atoms with van der Waals surface area (Å²) in [7, 11) is -4.38. The number of carbonyl (C=O) groups excluding carboxylic acids is 1. The van der Waals surface area contributed by atoms with Gasteiger partial charge in [0.15, 0.2) is 11.6 Å². The molecule has 0 amide bonds. The number of carbonyl (C=O) groups is 1. The number of anilines is 1. The Hall–Kier alpha value is -2.92. The highest BCUT2D eigenvalue weighted by atomic mass is 32.2. The van der Waals surface area contributed by atoms with E-state index < -0.39 is 26.6 Å². The van der Waals surface area contributed by atoms with Gasteiger partial charge in [0.2, 0.25) is 5.13 Å². The normalized spacial score (nSPS) is 18.8. The number of nitrogens with zero attached hydrogens (tertiary/aromatic N) is 2. The van der Waals surface area contributed by atoms with Crippen molar-refractivity contribution >= 4 is 32.5 Å². The fraction of sp³-hybridized carbons (Fsp3) is 0.318. The summed E-state index contributed by atoms with van der Waals surface area (Å²) in [6, 6.07) is 11.2. The van der Waals surface area contributed by atoms with Crippen LogP contribution in [0.25, 0.3) is 0 Å². The van der Waals surface area contributed by atoms with Gasteiger partial charge < -0.3 is 4.74 Å². The van der Waals surface area contributed by atoms with Crippen LogP contribution in [0, 0.1) is 17.6 Å². The average Bonchev–Trinajstić information content (AvgIpc) is 3.29. The van der Waals surface area contributed by atoms with Crippen LogP contribution in [0.2, 0.25) is 0 Å². The number of Topliss-reactive ketones (excluding diaryl/α,β-unsaturated/α-hetero) is 1. The molecule has 2 aromatic carbocycles. The van der Waals surface area contributed by atoms with Crippen LogP contribution >= 0.6 is 11.5 Å². The van der Waals surface area contributed by atoms with Crippen molar-refractivity contribution in [2.24, 2.45) is 5.92 Å². The Morgan fingerprint density at radius 3 is 2.67 bits per heavy atom. The number of hydrogen-bond donors (Lipinski definition) is 1. The average molecular weight is 494 g/mol. The summed E-state index contributed by atoms with van der Waals surface area (Å²) in [6.45, 7) is 0.0623. The molecule has 2 unspecified atom stereocenters. The first kappa shape index (κ1) is 23.2. The van der Waals surface area contributed by atoms with Gasteiger partial charge in [-0.2, -0.15) is 4.37 Å². The van der Waals surface area contributed by atoms with Crippen LogP contribution < -0.4 is 9.46 Å². The molecule has 0 radical (unpaired) electrons. The molecule has 1 fully saturated rings. The molecule has 3 aromatic rings. The Kier molecular flexibility index (Phi) is 6.99. The lowest BCUT2D eigenvalue weighted by molar-refractivity contribution is -0.122. The predicted octanol–water partition coefficient (Wildman–Crippen LogP) is 4.54. The highest BCUT2D eigenvalue weighted by Crippen LogP contribution is 2.38. The fourth-order valence-electron chi connectivity index (χ4n) is 4.07. The summed E-state index contributed by atoms with van der Waals surface area (Å²) in [5.41, 5.74) is 1.14. The van der Waals surface area contributed by atoms with Crippen LogP contribution in [0.15, 0.2) is 53.7 Å². The number of benzene rings is 2. The van der Waals surface area contributed by atoms with E-state index in [2.05, 4.69) is 14.1 Å². The second-order valence-electron chi connectivity index (χ2n) is 7.76. The second-order valence-corrected chi connectivity index (χ2v) is 10.2. The lowest BCUT2D eigenvalue weighted by atomic mass is 9.73. The van der Waals surface area contributed by atoms with Gasteiger partial charge in [-0.3, -0.25) is 9.52 Å². The number of nitrogens with one attached hydrogen (secondary N) is 1. The van der Waals surface area contributed by atoms with Crippen molar-refractivity contribution in [3.05, 3.63) is 66.0 Å². The molecule has 11 heteroatoms. The van der Waals surface area contributed by atoms with Gasteiger partial charge in [0.25, 0.3) is 10.0 Å². The van der Waals surface area contributed by atoms with Crippen molar-refractivity contribution < 1.29 is 26.7 Å². The lowest BCUT2D eigenvalue weighted by Gasteiger charge is -2.31. The first-order chi connectivity index (χ1) is 15.8. The molecule has 1 aromatic heterocycles. The molecule has 1 N–H and O–H groups in total. The molecule has 33 heavy (non-hydrogen) atoms. The first-order valence-corrected chi connectivity index (χ1v) is 12.6. The zero-order valence-corrected chi connectivity index (χ0v) is 19.0.